The maximum atomic E-state index is 11.7. The molecule has 0 fully saturated rings. The standard InChI is InChI=1S/C14H20N2O4/c1-14(2,3)13(18)20-5-4-19-12(17)9-6-10(15)8-11(16)7-9/h6-8H,4-5,15-16H2,1-3H3. The predicted octanol–water partition coefficient (Wildman–Crippen LogP) is 1.60. The molecule has 0 unspecified atom stereocenters. The van der Waals surface area contributed by atoms with E-state index in [0.29, 0.717) is 11.4 Å². The van der Waals surface area contributed by atoms with E-state index in [-0.39, 0.29) is 24.7 Å². The number of benzene rings is 1. The summed E-state index contributed by atoms with van der Waals surface area (Å²) in [5.74, 6) is -0.905. The van der Waals surface area contributed by atoms with Crippen LogP contribution in [0.5, 0.6) is 0 Å². The number of nitrogen functional groups attached to an aromatic ring is 2. The Morgan fingerprint density at radius 3 is 2.00 bits per heavy atom. The van der Waals surface area contributed by atoms with Crippen molar-refractivity contribution in [2.45, 2.75) is 20.8 Å². The van der Waals surface area contributed by atoms with Gasteiger partial charge in [-0.1, -0.05) is 0 Å². The summed E-state index contributed by atoms with van der Waals surface area (Å²) in [6, 6.07) is 4.49. The topological polar surface area (TPSA) is 105 Å². The van der Waals surface area contributed by atoms with Crippen molar-refractivity contribution in [3.8, 4) is 0 Å². The lowest BCUT2D eigenvalue weighted by atomic mass is 9.97. The van der Waals surface area contributed by atoms with Crippen molar-refractivity contribution in [2.75, 3.05) is 24.7 Å². The van der Waals surface area contributed by atoms with Gasteiger partial charge >= 0.3 is 11.9 Å². The molecule has 0 aromatic heterocycles. The summed E-state index contributed by atoms with van der Waals surface area (Å²) in [5.41, 5.74) is 11.6. The minimum Gasteiger partial charge on any atom is -0.462 e. The van der Waals surface area contributed by atoms with Gasteiger partial charge in [0.2, 0.25) is 0 Å². The first-order valence-corrected chi connectivity index (χ1v) is 6.20. The highest BCUT2D eigenvalue weighted by atomic mass is 16.6. The van der Waals surface area contributed by atoms with Crippen molar-refractivity contribution in [1.82, 2.24) is 0 Å². The van der Waals surface area contributed by atoms with Crippen molar-refractivity contribution in [2.24, 2.45) is 5.41 Å². The summed E-state index contributed by atoms with van der Waals surface area (Å²) in [7, 11) is 0. The molecule has 1 rings (SSSR count). The van der Waals surface area contributed by atoms with Crippen LogP contribution in [-0.4, -0.2) is 25.2 Å². The summed E-state index contributed by atoms with van der Waals surface area (Å²) in [5, 5.41) is 0. The fourth-order valence-corrected chi connectivity index (χ4v) is 1.36. The van der Waals surface area contributed by atoms with Gasteiger partial charge in [-0.3, -0.25) is 4.79 Å². The molecule has 0 aliphatic rings. The first kappa shape index (κ1) is 15.8. The molecule has 20 heavy (non-hydrogen) atoms. The molecule has 0 saturated heterocycles. The smallest absolute Gasteiger partial charge is 0.338 e. The molecular weight excluding hydrogens is 260 g/mol. The summed E-state index contributed by atoms with van der Waals surface area (Å²) in [6.45, 7) is 5.24. The van der Waals surface area contributed by atoms with Crippen molar-refractivity contribution in [3.63, 3.8) is 0 Å². The van der Waals surface area contributed by atoms with Crippen LogP contribution in [-0.2, 0) is 14.3 Å². The molecular formula is C14H20N2O4. The number of carbonyl (C=O) groups is 2. The molecule has 0 aliphatic carbocycles. The van der Waals surface area contributed by atoms with E-state index in [1.807, 2.05) is 0 Å². The molecule has 6 nitrogen and oxygen atoms in total. The number of carbonyl (C=O) groups excluding carboxylic acids is 2. The second kappa shape index (κ2) is 6.27. The van der Waals surface area contributed by atoms with Gasteiger partial charge in [-0.05, 0) is 39.0 Å². The van der Waals surface area contributed by atoms with Crippen LogP contribution >= 0.6 is 0 Å². The zero-order valence-electron chi connectivity index (χ0n) is 11.9. The van der Waals surface area contributed by atoms with E-state index in [2.05, 4.69) is 0 Å². The van der Waals surface area contributed by atoms with E-state index in [4.69, 9.17) is 20.9 Å². The number of ether oxygens (including phenoxy) is 2. The molecule has 110 valence electrons. The SMILES string of the molecule is CC(C)(C)C(=O)OCCOC(=O)c1cc(N)cc(N)c1. The number of hydrogen-bond acceptors (Lipinski definition) is 6. The van der Waals surface area contributed by atoms with Crippen LogP contribution in [0.3, 0.4) is 0 Å². The lowest BCUT2D eigenvalue weighted by molar-refractivity contribution is -0.154. The van der Waals surface area contributed by atoms with Gasteiger partial charge in [-0.2, -0.15) is 0 Å². The fourth-order valence-electron chi connectivity index (χ4n) is 1.36. The minimum absolute atomic E-state index is 0.0135. The van der Waals surface area contributed by atoms with E-state index in [9.17, 15) is 9.59 Å². The van der Waals surface area contributed by atoms with Gasteiger partial charge in [0.05, 0.1) is 11.0 Å². The first-order chi connectivity index (χ1) is 9.20. The number of esters is 2. The second-order valence-corrected chi connectivity index (χ2v) is 5.41. The van der Waals surface area contributed by atoms with Crippen LogP contribution in [0, 0.1) is 5.41 Å². The van der Waals surface area contributed by atoms with Crippen LogP contribution in [0.25, 0.3) is 0 Å². The molecule has 4 N–H and O–H groups in total. The van der Waals surface area contributed by atoms with E-state index in [1.54, 1.807) is 26.8 Å². The highest BCUT2D eigenvalue weighted by Crippen LogP contribution is 2.16. The van der Waals surface area contributed by atoms with Gasteiger partial charge in [0.15, 0.2) is 0 Å². The highest BCUT2D eigenvalue weighted by molar-refractivity contribution is 5.91. The normalized spacial score (nSPS) is 10.9. The molecule has 0 saturated carbocycles. The van der Waals surface area contributed by atoms with Crippen LogP contribution in [0.15, 0.2) is 18.2 Å². The summed E-state index contributed by atoms with van der Waals surface area (Å²) < 4.78 is 9.95. The van der Waals surface area contributed by atoms with E-state index in [1.165, 1.54) is 12.1 Å². The molecule has 1 aromatic rings. The molecule has 6 heteroatoms. The average molecular weight is 280 g/mol. The Hall–Kier alpha value is -2.24. The molecule has 0 radical (unpaired) electrons. The third-order valence-electron chi connectivity index (χ3n) is 2.38. The maximum Gasteiger partial charge on any atom is 0.338 e. The first-order valence-electron chi connectivity index (χ1n) is 6.20. The van der Waals surface area contributed by atoms with Gasteiger partial charge in [0.25, 0.3) is 0 Å². The Kier molecular flexibility index (Phi) is 4.96. The largest absolute Gasteiger partial charge is 0.462 e. The zero-order chi connectivity index (χ0) is 15.3. The predicted molar refractivity (Wildman–Crippen MR) is 76.0 cm³/mol. The van der Waals surface area contributed by atoms with Crippen LogP contribution in [0.1, 0.15) is 31.1 Å². The molecule has 0 heterocycles. The van der Waals surface area contributed by atoms with Crippen LogP contribution in [0.4, 0.5) is 11.4 Å². The summed E-state index contributed by atoms with van der Waals surface area (Å²) in [6.07, 6.45) is 0. The van der Waals surface area contributed by atoms with Crippen molar-refractivity contribution in [3.05, 3.63) is 23.8 Å². The Balaban J connectivity index is 2.43. The minimum atomic E-state index is -0.577. The Morgan fingerprint density at radius 2 is 1.50 bits per heavy atom. The third kappa shape index (κ3) is 4.79. The molecule has 1 aromatic carbocycles. The molecule has 0 spiro atoms. The summed E-state index contributed by atoms with van der Waals surface area (Å²) in [4.78, 5) is 23.2. The highest BCUT2D eigenvalue weighted by Gasteiger charge is 2.22. The zero-order valence-corrected chi connectivity index (χ0v) is 11.9. The monoisotopic (exact) mass is 280 g/mol. The number of hydrogen-bond donors (Lipinski definition) is 2. The second-order valence-electron chi connectivity index (χ2n) is 5.41. The summed E-state index contributed by atoms with van der Waals surface area (Å²) >= 11 is 0. The lowest BCUT2D eigenvalue weighted by Gasteiger charge is -2.16. The number of rotatable bonds is 4. The Bertz CT molecular complexity index is 486. The van der Waals surface area contributed by atoms with E-state index < -0.39 is 11.4 Å². The van der Waals surface area contributed by atoms with Gasteiger partial charge in [-0.25, -0.2) is 4.79 Å². The molecule has 0 aliphatic heterocycles. The number of anilines is 2. The maximum absolute atomic E-state index is 11.7. The molecule has 0 amide bonds. The average Bonchev–Trinajstić information content (AvgIpc) is 2.31. The third-order valence-corrected chi connectivity index (χ3v) is 2.38. The molecule has 0 atom stereocenters. The van der Waals surface area contributed by atoms with Crippen molar-refractivity contribution >= 4 is 23.3 Å². The van der Waals surface area contributed by atoms with Gasteiger partial charge in [0, 0.05) is 11.4 Å². The fraction of sp³-hybridized carbons (Fsp3) is 0.429. The van der Waals surface area contributed by atoms with Gasteiger partial charge in [-0.15, -0.1) is 0 Å². The van der Waals surface area contributed by atoms with Crippen LogP contribution < -0.4 is 11.5 Å². The van der Waals surface area contributed by atoms with E-state index in [0.717, 1.165) is 0 Å². The Labute approximate surface area is 118 Å². The van der Waals surface area contributed by atoms with Gasteiger partial charge in [0.1, 0.15) is 13.2 Å². The van der Waals surface area contributed by atoms with Crippen molar-refractivity contribution < 1.29 is 19.1 Å². The number of nitrogens with two attached hydrogens (primary N) is 2. The quantitative estimate of drug-likeness (QED) is 0.493. The van der Waals surface area contributed by atoms with Gasteiger partial charge < -0.3 is 20.9 Å². The molecule has 0 bridgehead atoms. The lowest BCUT2D eigenvalue weighted by Crippen LogP contribution is -2.25. The van der Waals surface area contributed by atoms with E-state index >= 15 is 0 Å². The van der Waals surface area contributed by atoms with Crippen molar-refractivity contribution in [1.29, 1.82) is 0 Å². The Morgan fingerprint density at radius 1 is 1.00 bits per heavy atom. The van der Waals surface area contributed by atoms with Crippen LogP contribution in [0.2, 0.25) is 0 Å².